The van der Waals surface area contributed by atoms with Crippen molar-refractivity contribution in [1.82, 2.24) is 10.7 Å². The van der Waals surface area contributed by atoms with Crippen LogP contribution in [0, 0.1) is 0 Å². The van der Waals surface area contributed by atoms with Crippen molar-refractivity contribution in [3.8, 4) is 0 Å². The van der Waals surface area contributed by atoms with E-state index in [9.17, 15) is 40.2 Å². The molecule has 2 aliphatic heterocycles. The zero-order valence-electron chi connectivity index (χ0n) is 21.6. The van der Waals surface area contributed by atoms with Crippen molar-refractivity contribution in [2.45, 2.75) is 113 Å². The van der Waals surface area contributed by atoms with Gasteiger partial charge in [-0.3, -0.25) is 15.0 Å². The molecule has 222 valence electrons. The highest BCUT2D eigenvalue weighted by molar-refractivity contribution is 5.75. The molecule has 0 spiro atoms. The molecular weight excluding hydrogens is 510 g/mol. The fraction of sp³-hybridized carbons (Fsp3) is 0.913. The average molecular weight is 554 g/mol. The Bertz CT molecular complexity index is 717. The van der Waals surface area contributed by atoms with Gasteiger partial charge in [0, 0.05) is 20.0 Å². The van der Waals surface area contributed by atoms with Gasteiger partial charge in [-0.05, 0) is 12.8 Å². The second-order valence-corrected chi connectivity index (χ2v) is 9.55. The molecule has 0 aromatic carbocycles. The third kappa shape index (κ3) is 9.31. The fourth-order valence-corrected chi connectivity index (χ4v) is 4.46. The van der Waals surface area contributed by atoms with Crippen molar-refractivity contribution in [3.05, 3.63) is 0 Å². The van der Waals surface area contributed by atoms with Crippen LogP contribution in [0.3, 0.4) is 0 Å². The first-order valence-electron chi connectivity index (χ1n) is 12.9. The molecular formula is C23H43N3O12. The molecule has 2 saturated heterocycles. The normalized spacial score (nSPS) is 35.6. The maximum Gasteiger partial charge on any atom is 0.233 e. The largest absolute Gasteiger partial charge is 0.394 e. The van der Waals surface area contributed by atoms with Crippen LogP contribution in [-0.2, 0) is 28.5 Å². The number of unbranched alkanes of at least 4 members (excludes halogenated alkanes) is 5. The zero-order chi connectivity index (χ0) is 28.2. The Kier molecular flexibility index (Phi) is 14.3. The summed E-state index contributed by atoms with van der Waals surface area (Å²) in [4.78, 5) is 23.1. The minimum Gasteiger partial charge on any atom is -0.394 e. The van der Waals surface area contributed by atoms with Gasteiger partial charge in [0.2, 0.25) is 11.8 Å². The van der Waals surface area contributed by atoms with E-state index in [4.69, 9.17) is 24.8 Å². The lowest BCUT2D eigenvalue weighted by atomic mass is 9.95. The first-order valence-corrected chi connectivity index (χ1v) is 12.9. The van der Waals surface area contributed by atoms with Crippen molar-refractivity contribution < 1.29 is 59.2 Å². The minimum atomic E-state index is -1.74. The van der Waals surface area contributed by atoms with Crippen LogP contribution < -0.4 is 16.6 Å². The van der Waals surface area contributed by atoms with E-state index in [1.54, 1.807) is 0 Å². The summed E-state index contributed by atoms with van der Waals surface area (Å²) < 4.78 is 22.7. The summed E-state index contributed by atoms with van der Waals surface area (Å²) in [7, 11) is 0. The fourth-order valence-electron chi connectivity index (χ4n) is 4.46. The number of carbonyl (C=O) groups excluding carboxylic acids is 2. The first-order chi connectivity index (χ1) is 18.1. The van der Waals surface area contributed by atoms with E-state index in [-0.39, 0.29) is 12.5 Å². The molecule has 15 heteroatoms. The molecule has 0 aliphatic carbocycles. The molecule has 2 aliphatic rings. The van der Waals surface area contributed by atoms with Gasteiger partial charge in [0.1, 0.15) is 48.8 Å². The van der Waals surface area contributed by atoms with E-state index in [0.29, 0.717) is 12.8 Å². The monoisotopic (exact) mass is 553 g/mol. The summed E-state index contributed by atoms with van der Waals surface area (Å²) in [6.07, 6.45) is -7.65. The third-order valence-electron chi connectivity index (χ3n) is 6.60. The van der Waals surface area contributed by atoms with Gasteiger partial charge in [-0.15, -0.1) is 0 Å². The number of rotatable bonds is 15. The van der Waals surface area contributed by atoms with E-state index in [1.165, 1.54) is 6.92 Å². The van der Waals surface area contributed by atoms with E-state index in [0.717, 1.165) is 32.1 Å². The predicted octanol–water partition coefficient (Wildman–Crippen LogP) is -3.51. The molecule has 2 rings (SSSR count). The van der Waals surface area contributed by atoms with Crippen LogP contribution in [0.2, 0.25) is 0 Å². The Balaban J connectivity index is 1.97. The van der Waals surface area contributed by atoms with Gasteiger partial charge in [0.25, 0.3) is 0 Å². The van der Waals surface area contributed by atoms with Crippen molar-refractivity contribution in [3.63, 3.8) is 0 Å². The number of hydrogen-bond acceptors (Lipinski definition) is 13. The molecule has 0 aromatic rings. The number of hydrogen-bond donors (Lipinski definition) is 9. The standard InChI is InChI=1S/C23H43N3O12/c1-12(29)25-16-21(38-23-20(34)19(33)17(31)13(10-27)37-23)18(32)14(11-28)36-22(16)35-9-7-5-3-2-4-6-8-15(30)26-24/h13-14,16-23,27-28,31-34H,2-11,24H2,1H3,(H,25,29)(H,26,30)/t13-,14-,16-,17+,18+,19+,20-,21-,22+,23+/m1/s1. The van der Waals surface area contributed by atoms with Gasteiger partial charge in [0.05, 0.1) is 13.2 Å². The molecule has 2 heterocycles. The molecule has 10 atom stereocenters. The number of nitrogens with two attached hydrogens (primary N) is 1. The van der Waals surface area contributed by atoms with Crippen molar-refractivity contribution >= 4 is 11.8 Å². The predicted molar refractivity (Wildman–Crippen MR) is 129 cm³/mol. The molecule has 2 amide bonds. The first kappa shape index (κ1) is 32.7. The van der Waals surface area contributed by atoms with Gasteiger partial charge in [0.15, 0.2) is 12.6 Å². The SMILES string of the molecule is CC(=O)N[C@H]1[C@@H](OCCCCCCCCC(=O)NN)O[C@H](CO)[C@H](O)[C@@H]1O[C@@H]1O[C@H](CO)[C@H](O)[C@H](O)[C@H]1O. The van der Waals surface area contributed by atoms with E-state index in [1.807, 2.05) is 0 Å². The highest BCUT2D eigenvalue weighted by atomic mass is 16.7. The van der Waals surface area contributed by atoms with Crippen LogP contribution >= 0.6 is 0 Å². The zero-order valence-corrected chi connectivity index (χ0v) is 21.6. The van der Waals surface area contributed by atoms with Crippen molar-refractivity contribution in [2.24, 2.45) is 5.84 Å². The number of amides is 2. The minimum absolute atomic E-state index is 0.195. The summed E-state index contributed by atoms with van der Waals surface area (Å²) in [5.74, 6) is 4.36. The van der Waals surface area contributed by atoms with Crippen LogP contribution in [0.5, 0.6) is 0 Å². The number of nitrogens with one attached hydrogen (secondary N) is 2. The van der Waals surface area contributed by atoms with Gasteiger partial charge in [-0.25, -0.2) is 5.84 Å². The molecule has 15 nitrogen and oxygen atoms in total. The molecule has 0 radical (unpaired) electrons. The van der Waals surface area contributed by atoms with Crippen molar-refractivity contribution in [1.29, 1.82) is 0 Å². The Labute approximate surface area is 221 Å². The molecule has 0 aromatic heterocycles. The summed E-state index contributed by atoms with van der Waals surface area (Å²) in [5.41, 5.74) is 2.09. The van der Waals surface area contributed by atoms with Crippen LogP contribution in [0.1, 0.15) is 51.9 Å². The Hall–Kier alpha value is -1.50. The summed E-state index contributed by atoms with van der Waals surface area (Å²) >= 11 is 0. The number of aliphatic hydroxyl groups excluding tert-OH is 6. The van der Waals surface area contributed by atoms with Crippen molar-refractivity contribution in [2.75, 3.05) is 19.8 Å². The lowest BCUT2D eigenvalue weighted by molar-refractivity contribution is -0.344. The number of hydrazine groups is 1. The van der Waals surface area contributed by atoms with E-state index >= 15 is 0 Å². The number of carbonyl (C=O) groups is 2. The van der Waals surface area contributed by atoms with Crippen LogP contribution in [0.25, 0.3) is 0 Å². The molecule has 0 saturated carbocycles. The lowest BCUT2D eigenvalue weighted by Crippen LogP contribution is -2.68. The Morgan fingerprint density at radius 2 is 1.39 bits per heavy atom. The molecule has 10 N–H and O–H groups in total. The van der Waals surface area contributed by atoms with Crippen LogP contribution in [-0.4, -0.2) is 124 Å². The highest BCUT2D eigenvalue weighted by Crippen LogP contribution is 2.30. The lowest BCUT2D eigenvalue weighted by Gasteiger charge is -2.47. The number of aliphatic hydroxyl groups is 6. The second kappa shape index (κ2) is 16.6. The van der Waals surface area contributed by atoms with Gasteiger partial charge in [-0.1, -0.05) is 25.7 Å². The van der Waals surface area contributed by atoms with Gasteiger partial charge in [-0.2, -0.15) is 0 Å². The topological polar surface area (TPSA) is 243 Å². The third-order valence-corrected chi connectivity index (χ3v) is 6.60. The number of ether oxygens (including phenoxy) is 4. The summed E-state index contributed by atoms with van der Waals surface area (Å²) in [5, 5.41) is 63.0. The Morgan fingerprint density at radius 3 is 2.00 bits per heavy atom. The highest BCUT2D eigenvalue weighted by Gasteiger charge is 2.51. The smallest absolute Gasteiger partial charge is 0.233 e. The molecule has 2 fully saturated rings. The molecule has 0 bridgehead atoms. The Morgan fingerprint density at radius 1 is 0.816 bits per heavy atom. The summed E-state index contributed by atoms with van der Waals surface area (Å²) in [6.45, 7) is 0.190. The molecule has 38 heavy (non-hydrogen) atoms. The van der Waals surface area contributed by atoms with Crippen LogP contribution in [0.15, 0.2) is 0 Å². The van der Waals surface area contributed by atoms with Gasteiger partial charge < -0.3 is 54.9 Å². The van der Waals surface area contributed by atoms with E-state index in [2.05, 4.69) is 10.7 Å². The van der Waals surface area contributed by atoms with E-state index < -0.39 is 80.5 Å². The maximum absolute atomic E-state index is 11.9. The maximum atomic E-state index is 11.9. The molecule has 0 unspecified atom stereocenters. The summed E-state index contributed by atoms with van der Waals surface area (Å²) in [6, 6.07) is -1.09. The van der Waals surface area contributed by atoms with Gasteiger partial charge >= 0.3 is 0 Å². The quantitative estimate of drug-likeness (QED) is 0.0414. The average Bonchev–Trinajstić information content (AvgIpc) is 2.90. The van der Waals surface area contributed by atoms with Crippen LogP contribution in [0.4, 0.5) is 0 Å². The second-order valence-electron chi connectivity index (χ2n) is 9.55.